The lowest BCUT2D eigenvalue weighted by molar-refractivity contribution is -0.123. The molecule has 2 aromatic carbocycles. The first-order valence-corrected chi connectivity index (χ1v) is 12.7. The number of likely N-dealkylation sites (tertiary alicyclic amines) is 1. The second kappa shape index (κ2) is 9.63. The summed E-state index contributed by atoms with van der Waals surface area (Å²) in [5.41, 5.74) is 2.72. The first-order chi connectivity index (χ1) is 14.9. The highest BCUT2D eigenvalue weighted by Gasteiger charge is 2.32. The van der Waals surface area contributed by atoms with Crippen LogP contribution in [0.25, 0.3) is 0 Å². The van der Waals surface area contributed by atoms with E-state index in [-0.39, 0.29) is 17.7 Å². The largest absolute Gasteiger partial charge is 0.612 e. The maximum atomic E-state index is 13.4. The predicted octanol–water partition coefficient (Wildman–Crippen LogP) is 4.30. The maximum Gasteiger partial charge on any atom is 0.253 e. The van der Waals surface area contributed by atoms with Gasteiger partial charge < -0.3 is 14.4 Å². The van der Waals surface area contributed by atoms with E-state index < -0.39 is 11.2 Å². The van der Waals surface area contributed by atoms with E-state index in [0.29, 0.717) is 41.4 Å². The lowest BCUT2D eigenvalue weighted by Crippen LogP contribution is -2.44. The SMILES string of the molecule is C[S+]([O-])c1ccc(C(=O)N2CCC(C(=O)N3CCCCc4cc(Cl)ccc43)CC2)cc1. The Morgan fingerprint density at radius 3 is 2.42 bits per heavy atom. The van der Waals surface area contributed by atoms with Gasteiger partial charge >= 0.3 is 0 Å². The molecular weight excluding hydrogens is 432 g/mol. The van der Waals surface area contributed by atoms with E-state index in [1.54, 1.807) is 30.5 Å². The Balaban J connectivity index is 1.40. The molecule has 1 atom stereocenters. The van der Waals surface area contributed by atoms with Crippen LogP contribution in [-0.4, -0.2) is 47.2 Å². The minimum absolute atomic E-state index is 0.0332. The van der Waals surface area contributed by atoms with Crippen molar-refractivity contribution in [2.75, 3.05) is 30.8 Å². The molecule has 0 spiro atoms. The number of aryl methyl sites for hydroxylation is 1. The Kier molecular flexibility index (Phi) is 6.89. The van der Waals surface area contributed by atoms with Crippen molar-refractivity contribution in [3.05, 3.63) is 58.6 Å². The number of hydrogen-bond donors (Lipinski definition) is 0. The standard InChI is InChI=1S/C24H27ClN2O3S/c1-31(30)21-8-5-17(6-9-21)23(28)26-14-11-18(12-15-26)24(29)27-13-3-2-4-19-16-20(25)7-10-22(19)27/h5-10,16,18H,2-4,11-15H2,1H3. The van der Waals surface area contributed by atoms with E-state index in [4.69, 9.17) is 11.6 Å². The van der Waals surface area contributed by atoms with Gasteiger partial charge in [0.15, 0.2) is 4.90 Å². The molecule has 0 bridgehead atoms. The maximum absolute atomic E-state index is 13.4. The lowest BCUT2D eigenvalue weighted by Gasteiger charge is -2.34. The summed E-state index contributed by atoms with van der Waals surface area (Å²) in [7, 11) is 0. The van der Waals surface area contributed by atoms with Crippen LogP contribution in [0.2, 0.25) is 5.02 Å². The first-order valence-electron chi connectivity index (χ1n) is 10.8. The summed E-state index contributed by atoms with van der Waals surface area (Å²) in [6.45, 7) is 1.87. The van der Waals surface area contributed by atoms with Gasteiger partial charge in [-0.3, -0.25) is 9.59 Å². The molecule has 5 nitrogen and oxygen atoms in total. The van der Waals surface area contributed by atoms with E-state index >= 15 is 0 Å². The smallest absolute Gasteiger partial charge is 0.253 e. The number of benzene rings is 2. The molecule has 31 heavy (non-hydrogen) atoms. The molecule has 0 aromatic heterocycles. The van der Waals surface area contributed by atoms with E-state index in [1.807, 2.05) is 28.0 Å². The fourth-order valence-corrected chi connectivity index (χ4v) is 5.19. The third kappa shape index (κ3) is 4.92. The third-order valence-corrected chi connectivity index (χ3v) is 7.41. The molecule has 2 heterocycles. The number of piperidine rings is 1. The summed E-state index contributed by atoms with van der Waals surface area (Å²) in [5, 5.41) is 0.707. The van der Waals surface area contributed by atoms with Crippen LogP contribution < -0.4 is 4.90 Å². The van der Waals surface area contributed by atoms with Crippen LogP contribution >= 0.6 is 11.6 Å². The summed E-state index contributed by atoms with van der Waals surface area (Å²) >= 11 is 5.11. The number of anilines is 1. The Morgan fingerprint density at radius 2 is 1.74 bits per heavy atom. The van der Waals surface area contributed by atoms with Gasteiger partial charge in [-0.1, -0.05) is 11.6 Å². The normalized spacial score (nSPS) is 18.3. The number of carbonyl (C=O) groups excluding carboxylic acids is 2. The molecule has 0 aliphatic carbocycles. The van der Waals surface area contributed by atoms with Gasteiger partial charge in [-0.15, -0.1) is 0 Å². The Hall–Kier alpha value is -2.02. The first kappa shape index (κ1) is 22.2. The molecule has 2 amide bonds. The van der Waals surface area contributed by atoms with Crippen molar-refractivity contribution in [2.45, 2.75) is 37.0 Å². The highest BCUT2D eigenvalue weighted by molar-refractivity contribution is 7.90. The number of rotatable bonds is 3. The predicted molar refractivity (Wildman–Crippen MR) is 124 cm³/mol. The topological polar surface area (TPSA) is 63.7 Å². The van der Waals surface area contributed by atoms with Gasteiger partial charge in [-0.2, -0.15) is 0 Å². The highest BCUT2D eigenvalue weighted by atomic mass is 35.5. The molecule has 2 aliphatic rings. The zero-order valence-electron chi connectivity index (χ0n) is 17.7. The third-order valence-electron chi connectivity index (χ3n) is 6.24. The number of hydrogen-bond acceptors (Lipinski definition) is 3. The van der Waals surface area contributed by atoms with Gasteiger partial charge in [0, 0.05) is 41.8 Å². The molecular formula is C24H27ClN2O3S. The number of amides is 2. The van der Waals surface area contributed by atoms with E-state index in [9.17, 15) is 14.1 Å². The highest BCUT2D eigenvalue weighted by Crippen LogP contribution is 2.32. The van der Waals surface area contributed by atoms with E-state index in [0.717, 1.165) is 37.1 Å². The lowest BCUT2D eigenvalue weighted by atomic mass is 9.94. The number of nitrogens with zero attached hydrogens (tertiary/aromatic N) is 2. The van der Waals surface area contributed by atoms with Crippen molar-refractivity contribution < 1.29 is 14.1 Å². The van der Waals surface area contributed by atoms with Crippen LogP contribution in [0.5, 0.6) is 0 Å². The van der Waals surface area contributed by atoms with Crippen LogP contribution in [0.15, 0.2) is 47.4 Å². The Labute approximate surface area is 191 Å². The van der Waals surface area contributed by atoms with Gasteiger partial charge in [0.2, 0.25) is 5.91 Å². The fraction of sp³-hybridized carbons (Fsp3) is 0.417. The zero-order valence-corrected chi connectivity index (χ0v) is 19.3. The summed E-state index contributed by atoms with van der Waals surface area (Å²) in [4.78, 5) is 30.7. The van der Waals surface area contributed by atoms with Gasteiger partial charge in [0.05, 0.1) is 0 Å². The number of halogens is 1. The average molecular weight is 459 g/mol. The molecule has 4 rings (SSSR count). The quantitative estimate of drug-likeness (QED) is 0.644. The molecule has 0 N–H and O–H groups in total. The molecule has 164 valence electrons. The second-order valence-electron chi connectivity index (χ2n) is 8.26. The molecule has 2 aliphatic heterocycles. The van der Waals surface area contributed by atoms with Crippen LogP contribution in [0, 0.1) is 5.92 Å². The van der Waals surface area contributed by atoms with Crippen molar-refractivity contribution in [1.29, 1.82) is 0 Å². The van der Waals surface area contributed by atoms with Crippen molar-refractivity contribution in [1.82, 2.24) is 4.90 Å². The molecule has 1 fully saturated rings. The number of fused-ring (bicyclic) bond motifs is 1. The van der Waals surface area contributed by atoms with Crippen molar-refractivity contribution in [3.63, 3.8) is 0 Å². The molecule has 1 unspecified atom stereocenters. The van der Waals surface area contributed by atoms with Crippen LogP contribution in [0.4, 0.5) is 5.69 Å². The van der Waals surface area contributed by atoms with Crippen molar-refractivity contribution in [3.8, 4) is 0 Å². The van der Waals surface area contributed by atoms with Crippen LogP contribution in [0.3, 0.4) is 0 Å². The van der Waals surface area contributed by atoms with Crippen molar-refractivity contribution >= 4 is 40.3 Å². The second-order valence-corrected chi connectivity index (χ2v) is 10.1. The fourth-order valence-electron chi connectivity index (χ4n) is 4.47. The summed E-state index contributed by atoms with van der Waals surface area (Å²) in [6.07, 6.45) is 5.93. The molecule has 0 saturated carbocycles. The summed E-state index contributed by atoms with van der Waals surface area (Å²) < 4.78 is 11.5. The zero-order chi connectivity index (χ0) is 22.0. The summed E-state index contributed by atoms with van der Waals surface area (Å²) in [5.74, 6) is 0.0528. The van der Waals surface area contributed by atoms with Gasteiger partial charge in [0.1, 0.15) is 6.26 Å². The van der Waals surface area contributed by atoms with Gasteiger partial charge in [0.25, 0.3) is 5.91 Å². The van der Waals surface area contributed by atoms with E-state index in [1.165, 1.54) is 0 Å². The summed E-state index contributed by atoms with van der Waals surface area (Å²) in [6, 6.07) is 12.7. The molecule has 1 saturated heterocycles. The van der Waals surface area contributed by atoms with Gasteiger partial charge in [-0.05, 0) is 91.3 Å². The van der Waals surface area contributed by atoms with Crippen LogP contribution in [0.1, 0.15) is 41.6 Å². The Bertz CT molecular complexity index is 956. The Morgan fingerprint density at radius 1 is 1.03 bits per heavy atom. The minimum Gasteiger partial charge on any atom is -0.612 e. The monoisotopic (exact) mass is 458 g/mol. The van der Waals surface area contributed by atoms with E-state index in [2.05, 4.69) is 0 Å². The average Bonchev–Trinajstić information content (AvgIpc) is 3.00. The minimum atomic E-state index is -1.06. The number of carbonyl (C=O) groups is 2. The van der Waals surface area contributed by atoms with Gasteiger partial charge in [-0.25, -0.2) is 0 Å². The molecule has 2 aromatic rings. The van der Waals surface area contributed by atoms with Crippen LogP contribution in [-0.2, 0) is 22.4 Å². The molecule has 0 radical (unpaired) electrons. The molecule has 7 heteroatoms. The van der Waals surface area contributed by atoms with Crippen molar-refractivity contribution in [2.24, 2.45) is 5.92 Å².